The fraction of sp³-hybridized carbons (Fsp3) is 0.286. The van der Waals surface area contributed by atoms with E-state index in [9.17, 15) is 23.2 Å². The van der Waals surface area contributed by atoms with Crippen LogP contribution in [0.1, 0.15) is 40.5 Å². The predicted octanol–water partition coefficient (Wildman–Crippen LogP) is 4.10. The summed E-state index contributed by atoms with van der Waals surface area (Å²) in [7, 11) is 0. The number of hydrogen-bond acceptors (Lipinski definition) is 4. The number of carbonyl (C=O) groups excluding carboxylic acids is 3. The third-order valence-corrected chi connectivity index (χ3v) is 5.82. The van der Waals surface area contributed by atoms with Gasteiger partial charge in [-0.1, -0.05) is 12.1 Å². The van der Waals surface area contributed by atoms with Crippen LogP contribution in [0.4, 0.5) is 14.5 Å². The van der Waals surface area contributed by atoms with E-state index < -0.39 is 22.8 Å². The number of benzene rings is 2. The van der Waals surface area contributed by atoms with Gasteiger partial charge in [0.05, 0.1) is 22.1 Å². The zero-order chi connectivity index (χ0) is 21.0. The maximum atomic E-state index is 13.6. The van der Waals surface area contributed by atoms with E-state index in [0.29, 0.717) is 36.3 Å². The molecule has 1 heterocycles. The first-order chi connectivity index (χ1) is 13.9. The summed E-state index contributed by atoms with van der Waals surface area (Å²) in [5.74, 6) is -1.66. The number of amides is 3. The zero-order valence-electron chi connectivity index (χ0n) is 15.8. The highest BCUT2D eigenvalue weighted by Crippen LogP contribution is 2.23. The van der Waals surface area contributed by atoms with Crippen LogP contribution in [-0.2, 0) is 4.79 Å². The van der Waals surface area contributed by atoms with Crippen molar-refractivity contribution < 1.29 is 23.2 Å². The number of nitrogens with one attached hydrogen (secondary N) is 1. The molecule has 152 valence electrons. The van der Waals surface area contributed by atoms with E-state index in [0.717, 1.165) is 18.2 Å². The molecule has 1 atom stereocenters. The smallest absolute Gasteiger partial charge is 0.261 e. The van der Waals surface area contributed by atoms with Crippen LogP contribution >= 0.6 is 11.8 Å². The van der Waals surface area contributed by atoms with E-state index in [-0.39, 0.29) is 17.5 Å². The fourth-order valence-corrected chi connectivity index (χ4v) is 3.91. The number of carbonyl (C=O) groups is 3. The molecule has 0 radical (unpaired) electrons. The molecule has 0 bridgehead atoms. The number of rotatable bonds is 8. The summed E-state index contributed by atoms with van der Waals surface area (Å²) >= 11 is 1.37. The van der Waals surface area contributed by atoms with Crippen molar-refractivity contribution in [1.29, 1.82) is 0 Å². The summed E-state index contributed by atoms with van der Waals surface area (Å²) in [5, 5.41) is 1.92. The van der Waals surface area contributed by atoms with Crippen molar-refractivity contribution >= 4 is 35.2 Å². The van der Waals surface area contributed by atoms with Crippen molar-refractivity contribution in [2.45, 2.75) is 25.0 Å². The van der Waals surface area contributed by atoms with Crippen molar-refractivity contribution in [3.63, 3.8) is 0 Å². The molecule has 0 fully saturated rings. The highest BCUT2D eigenvalue weighted by Gasteiger charge is 2.34. The van der Waals surface area contributed by atoms with Crippen LogP contribution in [0.5, 0.6) is 0 Å². The summed E-state index contributed by atoms with van der Waals surface area (Å²) in [6.45, 7) is 2.00. The van der Waals surface area contributed by atoms with Gasteiger partial charge >= 0.3 is 0 Å². The van der Waals surface area contributed by atoms with E-state index in [1.165, 1.54) is 16.7 Å². The van der Waals surface area contributed by atoms with Crippen LogP contribution in [0.2, 0.25) is 0 Å². The molecule has 0 aliphatic carbocycles. The lowest BCUT2D eigenvalue weighted by Gasteiger charge is -2.15. The Bertz CT molecular complexity index is 916. The van der Waals surface area contributed by atoms with E-state index in [2.05, 4.69) is 5.32 Å². The maximum Gasteiger partial charge on any atom is 0.261 e. The Labute approximate surface area is 171 Å². The SMILES string of the molecule is CC(SCCCCN1C(=O)c2ccccc2C1=O)C(=O)Nc1cc(F)ccc1F. The van der Waals surface area contributed by atoms with Crippen molar-refractivity contribution in [1.82, 2.24) is 4.90 Å². The van der Waals surface area contributed by atoms with E-state index in [4.69, 9.17) is 0 Å². The van der Waals surface area contributed by atoms with Gasteiger partial charge in [0.25, 0.3) is 11.8 Å². The van der Waals surface area contributed by atoms with Gasteiger partial charge in [0, 0.05) is 12.6 Å². The molecule has 5 nitrogen and oxygen atoms in total. The second-order valence-corrected chi connectivity index (χ2v) is 8.09. The van der Waals surface area contributed by atoms with Gasteiger partial charge in [-0.05, 0) is 49.8 Å². The van der Waals surface area contributed by atoms with Crippen molar-refractivity contribution in [2.75, 3.05) is 17.6 Å². The first-order valence-corrected chi connectivity index (χ1v) is 10.3. The Kier molecular flexibility index (Phi) is 6.64. The average molecular weight is 418 g/mol. The third kappa shape index (κ3) is 4.82. The van der Waals surface area contributed by atoms with Gasteiger partial charge in [-0.15, -0.1) is 11.8 Å². The minimum absolute atomic E-state index is 0.187. The molecule has 29 heavy (non-hydrogen) atoms. The van der Waals surface area contributed by atoms with Crippen LogP contribution in [0.3, 0.4) is 0 Å². The third-order valence-electron chi connectivity index (χ3n) is 4.58. The first-order valence-electron chi connectivity index (χ1n) is 9.21. The molecular weight excluding hydrogens is 398 g/mol. The summed E-state index contributed by atoms with van der Waals surface area (Å²) in [4.78, 5) is 38.0. The second-order valence-electron chi connectivity index (χ2n) is 6.64. The van der Waals surface area contributed by atoms with Crippen LogP contribution in [0.25, 0.3) is 0 Å². The highest BCUT2D eigenvalue weighted by molar-refractivity contribution is 8.00. The number of halogens is 2. The number of thioether (sulfide) groups is 1. The van der Waals surface area contributed by atoms with Gasteiger partial charge in [-0.3, -0.25) is 19.3 Å². The number of hydrogen-bond donors (Lipinski definition) is 1. The highest BCUT2D eigenvalue weighted by atomic mass is 32.2. The molecule has 0 saturated carbocycles. The molecule has 0 saturated heterocycles. The lowest BCUT2D eigenvalue weighted by atomic mass is 10.1. The lowest BCUT2D eigenvalue weighted by molar-refractivity contribution is -0.115. The Morgan fingerprint density at radius 2 is 1.72 bits per heavy atom. The van der Waals surface area contributed by atoms with Crippen LogP contribution in [0, 0.1) is 11.6 Å². The Hall–Kier alpha value is -2.74. The molecule has 1 aliphatic heterocycles. The molecule has 1 aliphatic rings. The molecule has 0 spiro atoms. The largest absolute Gasteiger partial charge is 0.323 e. The average Bonchev–Trinajstić information content (AvgIpc) is 2.95. The minimum Gasteiger partial charge on any atom is -0.323 e. The first kappa shape index (κ1) is 21.0. The van der Waals surface area contributed by atoms with Gasteiger partial charge in [-0.25, -0.2) is 8.78 Å². The number of unbranched alkanes of at least 4 members (excludes halogenated alkanes) is 1. The topological polar surface area (TPSA) is 66.5 Å². The fourth-order valence-electron chi connectivity index (χ4n) is 2.98. The standard InChI is InChI=1S/C21H20F2N2O3S/c1-13(19(26)24-18-12-14(22)8-9-17(18)23)29-11-5-4-10-25-20(27)15-6-2-3-7-16(15)21(25)28/h2-3,6-9,12-13H,4-5,10-11H2,1H3,(H,24,26). The van der Waals surface area contributed by atoms with Gasteiger partial charge in [-0.2, -0.15) is 0 Å². The molecule has 1 unspecified atom stereocenters. The van der Waals surface area contributed by atoms with Gasteiger partial charge < -0.3 is 5.32 Å². The van der Waals surface area contributed by atoms with Crippen LogP contribution in [-0.4, -0.2) is 40.2 Å². The maximum absolute atomic E-state index is 13.6. The Balaban J connectivity index is 1.40. The molecule has 3 amide bonds. The monoisotopic (exact) mass is 418 g/mol. The summed E-state index contributed by atoms with van der Waals surface area (Å²) in [6, 6.07) is 9.63. The van der Waals surface area contributed by atoms with Crippen molar-refractivity contribution in [3.8, 4) is 0 Å². The number of nitrogens with zero attached hydrogens (tertiary/aromatic N) is 1. The van der Waals surface area contributed by atoms with Crippen LogP contribution < -0.4 is 5.32 Å². The van der Waals surface area contributed by atoms with Crippen molar-refractivity contribution in [2.24, 2.45) is 0 Å². The molecule has 1 N–H and O–H groups in total. The molecule has 3 rings (SSSR count). The lowest BCUT2D eigenvalue weighted by Crippen LogP contribution is -2.30. The Morgan fingerprint density at radius 3 is 2.38 bits per heavy atom. The number of anilines is 1. The van der Waals surface area contributed by atoms with Gasteiger partial charge in [0.2, 0.25) is 5.91 Å². The van der Waals surface area contributed by atoms with E-state index >= 15 is 0 Å². The summed E-state index contributed by atoms with van der Waals surface area (Å²) in [5.41, 5.74) is 0.677. The molecule has 0 aromatic heterocycles. The van der Waals surface area contributed by atoms with Crippen molar-refractivity contribution in [3.05, 3.63) is 65.2 Å². The minimum atomic E-state index is -0.696. The zero-order valence-corrected chi connectivity index (χ0v) is 16.6. The van der Waals surface area contributed by atoms with E-state index in [1.807, 2.05) is 0 Å². The number of imide groups is 1. The summed E-state index contributed by atoms with van der Waals surface area (Å²) < 4.78 is 26.8. The van der Waals surface area contributed by atoms with E-state index in [1.54, 1.807) is 31.2 Å². The normalized spacial score (nSPS) is 14.1. The summed E-state index contributed by atoms with van der Waals surface area (Å²) in [6.07, 6.45) is 1.31. The number of fused-ring (bicyclic) bond motifs is 1. The Morgan fingerprint density at radius 1 is 1.07 bits per heavy atom. The molecule has 2 aromatic rings. The molecule has 8 heteroatoms. The van der Waals surface area contributed by atoms with Crippen LogP contribution in [0.15, 0.2) is 42.5 Å². The quantitative estimate of drug-likeness (QED) is 0.518. The van der Waals surface area contributed by atoms with Gasteiger partial charge in [0.1, 0.15) is 11.6 Å². The second kappa shape index (κ2) is 9.17. The molecule has 2 aromatic carbocycles. The van der Waals surface area contributed by atoms with Gasteiger partial charge in [0.15, 0.2) is 0 Å². The predicted molar refractivity (Wildman–Crippen MR) is 108 cm³/mol. The molecular formula is C21H20F2N2O3S.